The van der Waals surface area contributed by atoms with Crippen molar-refractivity contribution >= 4 is 0 Å². The van der Waals surface area contributed by atoms with Crippen LogP contribution in [0.5, 0.6) is 5.75 Å². The summed E-state index contributed by atoms with van der Waals surface area (Å²) >= 11 is 0. The Morgan fingerprint density at radius 3 is 2.24 bits per heavy atom. The van der Waals surface area contributed by atoms with E-state index in [1.807, 2.05) is 49.4 Å². The molecule has 0 amide bonds. The average Bonchev–Trinajstić information content (AvgIpc) is 2.82. The van der Waals surface area contributed by atoms with Crippen LogP contribution in [0.25, 0.3) is 0 Å². The maximum Gasteiger partial charge on any atom is 0.119 e. The molecule has 5 N–H and O–H groups in total. The molecule has 1 saturated heterocycles. The predicted octanol–water partition coefficient (Wildman–Crippen LogP) is 1.78. The topological polar surface area (TPSA) is 120 Å². The number of hydrogen-bond donors (Lipinski definition) is 5. The molecule has 180 valence electrons. The first-order valence-corrected chi connectivity index (χ1v) is 11.7. The second-order valence-corrected chi connectivity index (χ2v) is 9.30. The third-order valence-electron chi connectivity index (χ3n) is 6.86. The van der Waals surface area contributed by atoms with Crippen LogP contribution in [-0.4, -0.2) is 68.8 Å². The zero-order valence-electron chi connectivity index (χ0n) is 18.9. The van der Waals surface area contributed by atoms with E-state index in [9.17, 15) is 25.5 Å². The lowest BCUT2D eigenvalue weighted by atomic mass is 9.89. The molecule has 2 fully saturated rings. The van der Waals surface area contributed by atoms with Crippen molar-refractivity contribution in [1.82, 2.24) is 0 Å². The van der Waals surface area contributed by atoms with Crippen molar-refractivity contribution in [3.05, 3.63) is 64.7 Å². The van der Waals surface area contributed by atoms with Crippen LogP contribution in [0.2, 0.25) is 0 Å². The van der Waals surface area contributed by atoms with Crippen LogP contribution >= 0.6 is 0 Å². The Hall–Kier alpha value is -2.00. The van der Waals surface area contributed by atoms with Crippen molar-refractivity contribution < 1.29 is 35.0 Å². The number of aliphatic hydroxyl groups excluding tert-OH is 5. The van der Waals surface area contributed by atoms with Crippen molar-refractivity contribution in [1.29, 1.82) is 0 Å². The summed E-state index contributed by atoms with van der Waals surface area (Å²) in [7, 11) is 0. The van der Waals surface area contributed by atoms with Gasteiger partial charge in [0.25, 0.3) is 0 Å². The van der Waals surface area contributed by atoms with E-state index in [1.54, 1.807) is 0 Å². The Kier molecular flexibility index (Phi) is 7.69. The van der Waals surface area contributed by atoms with Gasteiger partial charge in [0.15, 0.2) is 0 Å². The van der Waals surface area contributed by atoms with E-state index in [0.717, 1.165) is 48.1 Å². The summed E-state index contributed by atoms with van der Waals surface area (Å²) in [6, 6.07) is 13.7. The fraction of sp³-hybridized carbons (Fsp3) is 0.538. The van der Waals surface area contributed by atoms with Crippen LogP contribution < -0.4 is 4.74 Å². The molecular weight excluding hydrogens is 424 g/mol. The van der Waals surface area contributed by atoms with E-state index in [1.165, 1.54) is 0 Å². The summed E-state index contributed by atoms with van der Waals surface area (Å²) < 4.78 is 11.8. The van der Waals surface area contributed by atoms with Gasteiger partial charge in [-0.1, -0.05) is 30.3 Å². The maximum atomic E-state index is 10.5. The number of rotatable bonds is 6. The van der Waals surface area contributed by atoms with Crippen molar-refractivity contribution in [2.24, 2.45) is 0 Å². The zero-order chi connectivity index (χ0) is 23.5. The molecule has 7 heteroatoms. The molecule has 1 saturated carbocycles. The van der Waals surface area contributed by atoms with E-state index in [0.29, 0.717) is 12.0 Å². The average molecular weight is 459 g/mol. The predicted molar refractivity (Wildman–Crippen MR) is 122 cm³/mol. The van der Waals surface area contributed by atoms with Crippen molar-refractivity contribution in [3.63, 3.8) is 0 Å². The van der Waals surface area contributed by atoms with Crippen LogP contribution in [0.1, 0.15) is 54.0 Å². The third kappa shape index (κ3) is 5.57. The van der Waals surface area contributed by atoms with Crippen LogP contribution in [0, 0.1) is 6.92 Å². The standard InChI is InChI=1S/C26H34O7/c1-15-2-5-17(26-25(31)24(30)23(29)22(14-27)33-26)13-18(15)12-16-3-8-20(9-4-16)32-21-10-6-19(28)7-11-21/h2-5,8-9,13,19,21-31H,6-7,10-12,14H2,1H3/t19-,21+,22-,23-,24+,25-,26+/m1/s1. The Bertz CT molecular complexity index is 905. The molecule has 2 aliphatic rings. The van der Waals surface area contributed by atoms with Crippen LogP contribution in [0.4, 0.5) is 0 Å². The Morgan fingerprint density at radius 1 is 0.879 bits per heavy atom. The highest BCUT2D eigenvalue weighted by molar-refractivity contribution is 5.38. The molecule has 0 radical (unpaired) electrons. The molecule has 0 spiro atoms. The van der Waals surface area contributed by atoms with Gasteiger partial charge in [-0.15, -0.1) is 0 Å². The first kappa shape index (κ1) is 24.1. The van der Waals surface area contributed by atoms with E-state index in [4.69, 9.17) is 9.47 Å². The molecule has 0 unspecified atom stereocenters. The van der Waals surface area contributed by atoms with Crippen LogP contribution in [0.15, 0.2) is 42.5 Å². The number of benzene rings is 2. The fourth-order valence-corrected chi connectivity index (χ4v) is 4.70. The lowest BCUT2D eigenvalue weighted by Crippen LogP contribution is -2.55. The summed E-state index contributed by atoms with van der Waals surface area (Å²) in [4.78, 5) is 0. The minimum Gasteiger partial charge on any atom is -0.490 e. The number of aryl methyl sites for hydroxylation is 1. The van der Waals surface area contributed by atoms with E-state index in [-0.39, 0.29) is 12.2 Å². The van der Waals surface area contributed by atoms with Gasteiger partial charge in [-0.25, -0.2) is 0 Å². The van der Waals surface area contributed by atoms with Gasteiger partial charge in [0.2, 0.25) is 0 Å². The molecular formula is C26H34O7. The monoisotopic (exact) mass is 458 g/mol. The largest absolute Gasteiger partial charge is 0.490 e. The minimum absolute atomic E-state index is 0.150. The van der Waals surface area contributed by atoms with Crippen molar-refractivity contribution in [3.8, 4) is 5.75 Å². The smallest absolute Gasteiger partial charge is 0.119 e. The summed E-state index contributed by atoms with van der Waals surface area (Å²) in [6.07, 6.45) is -1.91. The highest BCUT2D eigenvalue weighted by Gasteiger charge is 2.44. The zero-order valence-corrected chi connectivity index (χ0v) is 18.9. The molecule has 33 heavy (non-hydrogen) atoms. The lowest BCUT2D eigenvalue weighted by Gasteiger charge is -2.40. The van der Waals surface area contributed by atoms with E-state index in [2.05, 4.69) is 0 Å². The number of aliphatic hydroxyl groups is 5. The molecule has 1 aliphatic carbocycles. The van der Waals surface area contributed by atoms with Crippen LogP contribution in [0.3, 0.4) is 0 Å². The molecule has 2 aromatic rings. The normalized spacial score (nSPS) is 32.5. The Labute approximate surface area is 194 Å². The van der Waals surface area contributed by atoms with Gasteiger partial charge in [-0.3, -0.25) is 0 Å². The quantitative estimate of drug-likeness (QED) is 0.448. The molecule has 2 aromatic carbocycles. The summed E-state index contributed by atoms with van der Waals surface area (Å²) in [5.74, 6) is 0.826. The molecule has 1 heterocycles. The Morgan fingerprint density at radius 2 is 1.58 bits per heavy atom. The van der Waals surface area contributed by atoms with Gasteiger partial charge in [0, 0.05) is 0 Å². The summed E-state index contributed by atoms with van der Waals surface area (Å²) in [6.45, 7) is 1.57. The van der Waals surface area contributed by atoms with Gasteiger partial charge >= 0.3 is 0 Å². The van der Waals surface area contributed by atoms with Crippen molar-refractivity contribution in [2.45, 2.75) is 81.8 Å². The summed E-state index contributed by atoms with van der Waals surface area (Å²) in [5.41, 5.74) is 3.94. The molecule has 0 bridgehead atoms. The van der Waals surface area contributed by atoms with E-state index < -0.39 is 37.1 Å². The maximum absolute atomic E-state index is 10.5. The molecule has 7 nitrogen and oxygen atoms in total. The SMILES string of the molecule is Cc1ccc([C@@H]2O[C@H](CO)[C@@H](O)[C@H](O)[C@H]2O)cc1Cc1ccc(O[C@H]2CC[C@@H](O)CC2)cc1. The first-order valence-electron chi connectivity index (χ1n) is 11.7. The molecule has 4 rings (SSSR count). The molecule has 1 aliphatic heterocycles. The van der Waals surface area contributed by atoms with Gasteiger partial charge < -0.3 is 35.0 Å². The van der Waals surface area contributed by atoms with Gasteiger partial charge in [0.05, 0.1) is 18.8 Å². The second-order valence-electron chi connectivity index (χ2n) is 9.30. The fourth-order valence-electron chi connectivity index (χ4n) is 4.70. The van der Waals surface area contributed by atoms with Gasteiger partial charge in [0.1, 0.15) is 36.3 Å². The van der Waals surface area contributed by atoms with E-state index >= 15 is 0 Å². The van der Waals surface area contributed by atoms with Crippen molar-refractivity contribution in [2.75, 3.05) is 6.61 Å². The molecule has 0 aromatic heterocycles. The summed E-state index contributed by atoms with van der Waals surface area (Å²) in [5, 5.41) is 49.7. The van der Waals surface area contributed by atoms with Crippen LogP contribution in [-0.2, 0) is 11.2 Å². The number of ether oxygens (including phenoxy) is 2. The molecule has 5 atom stereocenters. The highest BCUT2D eigenvalue weighted by Crippen LogP contribution is 2.33. The Balaban J connectivity index is 1.45. The second kappa shape index (κ2) is 10.5. The first-order chi connectivity index (χ1) is 15.9. The lowest BCUT2D eigenvalue weighted by molar-refractivity contribution is -0.231. The third-order valence-corrected chi connectivity index (χ3v) is 6.86. The van der Waals surface area contributed by atoms with Gasteiger partial charge in [-0.2, -0.15) is 0 Å². The van der Waals surface area contributed by atoms with Gasteiger partial charge in [-0.05, 0) is 73.4 Å². The minimum atomic E-state index is -1.40. The highest BCUT2D eigenvalue weighted by atomic mass is 16.5. The number of hydrogen-bond acceptors (Lipinski definition) is 7.